The van der Waals surface area contributed by atoms with Crippen molar-refractivity contribution in [2.45, 2.75) is 44.2 Å². The van der Waals surface area contributed by atoms with E-state index in [9.17, 15) is 0 Å². The fraction of sp³-hybridized carbons (Fsp3) is 0.526. The molecule has 0 amide bonds. The average molecular weight is 310 g/mol. The van der Waals surface area contributed by atoms with Crippen molar-refractivity contribution in [1.29, 1.82) is 0 Å². The summed E-state index contributed by atoms with van der Waals surface area (Å²) < 4.78 is 0. The first-order chi connectivity index (χ1) is 10.8. The highest BCUT2D eigenvalue weighted by Crippen LogP contribution is 2.60. The molecule has 2 atom stereocenters. The van der Waals surface area contributed by atoms with Crippen molar-refractivity contribution in [3.8, 4) is 10.6 Å². The van der Waals surface area contributed by atoms with E-state index in [0.29, 0.717) is 5.54 Å². The molecule has 2 aromatic heterocycles. The molecule has 114 valence electrons. The van der Waals surface area contributed by atoms with Gasteiger partial charge in [0.1, 0.15) is 0 Å². The highest BCUT2D eigenvalue weighted by molar-refractivity contribution is 7.13. The minimum atomic E-state index is 0.472. The molecule has 3 heteroatoms. The third kappa shape index (κ3) is 2.06. The van der Waals surface area contributed by atoms with Crippen molar-refractivity contribution in [3.05, 3.63) is 41.4 Å². The van der Waals surface area contributed by atoms with Crippen LogP contribution in [0.5, 0.6) is 0 Å². The number of pyridine rings is 1. The fourth-order valence-electron chi connectivity index (χ4n) is 5.46. The van der Waals surface area contributed by atoms with Crippen molar-refractivity contribution in [2.24, 2.45) is 17.8 Å². The van der Waals surface area contributed by atoms with Crippen molar-refractivity contribution >= 4 is 11.3 Å². The summed E-state index contributed by atoms with van der Waals surface area (Å²) in [6.45, 7) is 0.980. The van der Waals surface area contributed by atoms with E-state index >= 15 is 0 Å². The van der Waals surface area contributed by atoms with E-state index in [1.807, 2.05) is 0 Å². The maximum absolute atomic E-state index is 4.64. The van der Waals surface area contributed by atoms with Crippen LogP contribution in [0.1, 0.15) is 37.7 Å². The van der Waals surface area contributed by atoms with Crippen LogP contribution < -0.4 is 5.32 Å². The number of nitrogens with one attached hydrogen (secondary N) is 1. The predicted molar refractivity (Wildman–Crippen MR) is 90.7 cm³/mol. The summed E-state index contributed by atoms with van der Waals surface area (Å²) in [5, 5.41) is 6.06. The second-order valence-corrected chi connectivity index (χ2v) is 8.53. The Balaban J connectivity index is 1.29. The summed E-state index contributed by atoms with van der Waals surface area (Å²) >= 11 is 1.75. The van der Waals surface area contributed by atoms with Gasteiger partial charge in [-0.1, -0.05) is 12.1 Å². The lowest BCUT2D eigenvalue weighted by molar-refractivity contribution is 0.233. The lowest BCUT2D eigenvalue weighted by atomic mass is 9.80. The van der Waals surface area contributed by atoms with Gasteiger partial charge in [0.25, 0.3) is 0 Å². The first kappa shape index (κ1) is 13.3. The van der Waals surface area contributed by atoms with Crippen LogP contribution in [0.2, 0.25) is 0 Å². The molecular formula is C19H22N2S. The summed E-state index contributed by atoms with van der Waals surface area (Å²) in [4.78, 5) is 5.90. The molecule has 0 saturated heterocycles. The van der Waals surface area contributed by atoms with Gasteiger partial charge in [-0.2, -0.15) is 0 Å². The van der Waals surface area contributed by atoms with Gasteiger partial charge in [0.2, 0.25) is 0 Å². The quantitative estimate of drug-likeness (QED) is 0.900. The first-order valence-electron chi connectivity index (χ1n) is 8.55. The summed E-state index contributed by atoms with van der Waals surface area (Å²) in [5.41, 5.74) is 2.89. The Labute approximate surface area is 136 Å². The third-order valence-corrected chi connectivity index (χ3v) is 7.13. The number of thiophene rings is 1. The monoisotopic (exact) mass is 310 g/mol. The van der Waals surface area contributed by atoms with E-state index in [2.05, 4.69) is 46.1 Å². The zero-order chi connectivity index (χ0) is 14.6. The van der Waals surface area contributed by atoms with Crippen LogP contribution in [0, 0.1) is 17.8 Å². The maximum atomic E-state index is 4.64. The van der Waals surface area contributed by atoms with Gasteiger partial charge in [-0.15, -0.1) is 11.3 Å². The molecule has 1 N–H and O–H groups in total. The summed E-state index contributed by atoms with van der Waals surface area (Å²) in [7, 11) is 0. The van der Waals surface area contributed by atoms with Gasteiger partial charge in [-0.05, 0) is 72.9 Å². The normalized spacial score (nSPS) is 35.4. The summed E-state index contributed by atoms with van der Waals surface area (Å²) in [6.07, 6.45) is 9.39. The van der Waals surface area contributed by atoms with Gasteiger partial charge >= 0.3 is 0 Å². The zero-order valence-electron chi connectivity index (χ0n) is 12.8. The Kier molecular flexibility index (Phi) is 2.96. The second-order valence-electron chi connectivity index (χ2n) is 7.58. The van der Waals surface area contributed by atoms with Crippen LogP contribution in [0.3, 0.4) is 0 Å². The van der Waals surface area contributed by atoms with Gasteiger partial charge in [0.15, 0.2) is 0 Å². The van der Waals surface area contributed by atoms with Crippen LogP contribution in [-0.2, 0) is 6.54 Å². The molecule has 4 aliphatic rings. The number of rotatable bonds is 4. The fourth-order valence-corrected chi connectivity index (χ4v) is 6.16. The molecule has 6 rings (SSSR count). The van der Waals surface area contributed by atoms with Crippen LogP contribution in [-0.4, -0.2) is 10.5 Å². The van der Waals surface area contributed by atoms with Crippen LogP contribution >= 0.6 is 11.3 Å². The van der Waals surface area contributed by atoms with Crippen molar-refractivity contribution in [2.75, 3.05) is 0 Å². The molecule has 0 aliphatic heterocycles. The average Bonchev–Trinajstić information content (AvgIpc) is 3.20. The molecule has 2 aromatic rings. The topological polar surface area (TPSA) is 24.9 Å². The molecule has 0 spiro atoms. The minimum absolute atomic E-state index is 0.472. The second kappa shape index (κ2) is 4.90. The van der Waals surface area contributed by atoms with E-state index < -0.39 is 0 Å². The summed E-state index contributed by atoms with van der Waals surface area (Å²) in [6, 6.07) is 8.63. The molecule has 4 bridgehead atoms. The van der Waals surface area contributed by atoms with Gasteiger partial charge < -0.3 is 5.32 Å². The molecule has 2 nitrogen and oxygen atoms in total. The molecule has 2 unspecified atom stereocenters. The molecular weight excluding hydrogens is 288 g/mol. The first-order valence-corrected chi connectivity index (χ1v) is 9.42. The van der Waals surface area contributed by atoms with Gasteiger partial charge in [-0.3, -0.25) is 4.98 Å². The number of hydrogen-bond acceptors (Lipinski definition) is 3. The van der Waals surface area contributed by atoms with Crippen LogP contribution in [0.4, 0.5) is 0 Å². The molecule has 0 radical (unpaired) electrons. The highest BCUT2D eigenvalue weighted by atomic mass is 32.1. The minimum Gasteiger partial charge on any atom is -0.307 e. The van der Waals surface area contributed by atoms with Gasteiger partial charge in [0.05, 0.1) is 10.6 Å². The molecule has 0 aromatic carbocycles. The van der Waals surface area contributed by atoms with E-state index in [1.165, 1.54) is 42.5 Å². The standard InChI is InChI=1S/C19H22N2S/c1-2-18(22-5-1)17-4-3-13(11-20-17)12-21-19-9-14-6-15(10-19)8-16(19)7-14/h1-5,11,14-16,21H,6-10,12H2. The summed E-state index contributed by atoms with van der Waals surface area (Å²) in [5.74, 6) is 2.99. The Hall–Kier alpha value is -1.19. The SMILES string of the molecule is c1csc(-c2ccc(CNC34CC5CC(CC3C5)C4)cn2)c1. The number of aromatic nitrogens is 1. The van der Waals surface area contributed by atoms with Crippen LogP contribution in [0.25, 0.3) is 10.6 Å². The predicted octanol–water partition coefficient (Wildman–Crippen LogP) is 4.48. The lowest BCUT2D eigenvalue weighted by Gasteiger charge is -2.34. The lowest BCUT2D eigenvalue weighted by Crippen LogP contribution is -2.45. The van der Waals surface area contributed by atoms with E-state index in [-0.39, 0.29) is 0 Å². The van der Waals surface area contributed by atoms with Crippen molar-refractivity contribution < 1.29 is 0 Å². The van der Waals surface area contributed by atoms with E-state index in [0.717, 1.165) is 30.0 Å². The smallest absolute Gasteiger partial charge is 0.0801 e. The zero-order valence-corrected chi connectivity index (χ0v) is 13.6. The van der Waals surface area contributed by atoms with Gasteiger partial charge in [0, 0.05) is 18.3 Å². The molecule has 2 heterocycles. The third-order valence-electron chi connectivity index (χ3n) is 6.23. The Morgan fingerprint density at radius 3 is 2.68 bits per heavy atom. The maximum Gasteiger partial charge on any atom is 0.0801 e. The Morgan fingerprint density at radius 1 is 1.14 bits per heavy atom. The molecule has 4 aliphatic carbocycles. The highest BCUT2D eigenvalue weighted by Gasteiger charge is 2.57. The molecule has 4 fully saturated rings. The van der Waals surface area contributed by atoms with Gasteiger partial charge in [-0.25, -0.2) is 0 Å². The number of hydrogen-bond donors (Lipinski definition) is 1. The van der Waals surface area contributed by atoms with Crippen molar-refractivity contribution in [1.82, 2.24) is 10.3 Å². The molecule has 4 saturated carbocycles. The Bertz CT molecular complexity index is 647. The van der Waals surface area contributed by atoms with E-state index in [1.54, 1.807) is 11.3 Å². The van der Waals surface area contributed by atoms with E-state index in [4.69, 9.17) is 0 Å². The van der Waals surface area contributed by atoms with Crippen molar-refractivity contribution in [3.63, 3.8) is 0 Å². The Morgan fingerprint density at radius 2 is 2.00 bits per heavy atom. The molecule has 22 heavy (non-hydrogen) atoms. The largest absolute Gasteiger partial charge is 0.307 e. The number of nitrogens with zero attached hydrogens (tertiary/aromatic N) is 1. The van der Waals surface area contributed by atoms with Crippen LogP contribution in [0.15, 0.2) is 35.8 Å².